The molecule has 0 aliphatic heterocycles. The average molecular weight is 218 g/mol. The molecule has 0 fully saturated rings. The molecule has 0 heterocycles. The predicted octanol–water partition coefficient (Wildman–Crippen LogP) is 2.95. The van der Waals surface area contributed by atoms with Crippen molar-refractivity contribution < 1.29 is 14.6 Å². The molecule has 16 heavy (non-hydrogen) atoms. The van der Waals surface area contributed by atoms with Crippen molar-refractivity contribution in [2.24, 2.45) is 0 Å². The van der Waals surface area contributed by atoms with Crippen LogP contribution in [0.25, 0.3) is 10.8 Å². The second-order valence-corrected chi connectivity index (χ2v) is 3.41. The summed E-state index contributed by atoms with van der Waals surface area (Å²) in [7, 11) is 1.56. The van der Waals surface area contributed by atoms with E-state index in [4.69, 9.17) is 9.47 Å². The van der Waals surface area contributed by atoms with E-state index in [1.54, 1.807) is 13.2 Å². The molecule has 0 spiro atoms. The fraction of sp³-hybridized carbons (Fsp3) is 0.231. The van der Waals surface area contributed by atoms with E-state index in [0.29, 0.717) is 18.1 Å². The molecule has 0 amide bonds. The number of rotatable bonds is 3. The van der Waals surface area contributed by atoms with Gasteiger partial charge >= 0.3 is 0 Å². The van der Waals surface area contributed by atoms with Crippen molar-refractivity contribution >= 4 is 10.8 Å². The lowest BCUT2D eigenvalue weighted by Crippen LogP contribution is -1.96. The molecule has 3 heteroatoms. The van der Waals surface area contributed by atoms with Crippen LogP contribution in [0.2, 0.25) is 0 Å². The molecule has 2 aromatic rings. The van der Waals surface area contributed by atoms with Gasteiger partial charge in [-0.2, -0.15) is 0 Å². The van der Waals surface area contributed by atoms with E-state index >= 15 is 0 Å². The summed E-state index contributed by atoms with van der Waals surface area (Å²) in [4.78, 5) is 0. The first-order valence-electron chi connectivity index (χ1n) is 5.19. The maximum absolute atomic E-state index is 9.84. The van der Waals surface area contributed by atoms with Crippen LogP contribution in [0.4, 0.5) is 0 Å². The standard InChI is InChI=1S/C13H14O3/c1-3-16-13-10-7-5-4-6-9(10)11(14)8-12(13)15-2/h4-8,14H,3H2,1-2H3. The van der Waals surface area contributed by atoms with Gasteiger partial charge in [0.2, 0.25) is 0 Å². The zero-order valence-electron chi connectivity index (χ0n) is 9.36. The van der Waals surface area contributed by atoms with Crippen LogP contribution < -0.4 is 9.47 Å². The zero-order chi connectivity index (χ0) is 11.5. The molecule has 0 saturated heterocycles. The van der Waals surface area contributed by atoms with Gasteiger partial charge in [0.05, 0.1) is 13.7 Å². The van der Waals surface area contributed by atoms with Crippen molar-refractivity contribution in [2.45, 2.75) is 6.92 Å². The normalized spacial score (nSPS) is 10.4. The van der Waals surface area contributed by atoms with Crippen molar-refractivity contribution in [2.75, 3.05) is 13.7 Å². The summed E-state index contributed by atoms with van der Waals surface area (Å²) in [6, 6.07) is 9.12. The van der Waals surface area contributed by atoms with Gasteiger partial charge < -0.3 is 14.6 Å². The predicted molar refractivity (Wildman–Crippen MR) is 63.3 cm³/mol. The van der Waals surface area contributed by atoms with E-state index in [1.807, 2.05) is 31.2 Å². The van der Waals surface area contributed by atoms with Gasteiger partial charge in [-0.05, 0) is 6.92 Å². The first kappa shape index (κ1) is 10.6. The SMILES string of the molecule is CCOc1c(OC)cc(O)c2ccccc12. The smallest absolute Gasteiger partial charge is 0.169 e. The quantitative estimate of drug-likeness (QED) is 0.860. The third kappa shape index (κ3) is 1.65. The van der Waals surface area contributed by atoms with Crippen molar-refractivity contribution in [1.82, 2.24) is 0 Å². The maximum atomic E-state index is 9.84. The van der Waals surface area contributed by atoms with Gasteiger partial charge in [0.1, 0.15) is 5.75 Å². The van der Waals surface area contributed by atoms with Gasteiger partial charge in [0.25, 0.3) is 0 Å². The number of aromatic hydroxyl groups is 1. The van der Waals surface area contributed by atoms with Gasteiger partial charge in [-0.25, -0.2) is 0 Å². The molecule has 0 saturated carbocycles. The minimum absolute atomic E-state index is 0.205. The molecular weight excluding hydrogens is 204 g/mol. The summed E-state index contributed by atoms with van der Waals surface area (Å²) in [6.07, 6.45) is 0. The monoisotopic (exact) mass is 218 g/mol. The lowest BCUT2D eigenvalue weighted by atomic mass is 10.1. The van der Waals surface area contributed by atoms with Crippen LogP contribution in [0, 0.1) is 0 Å². The highest BCUT2D eigenvalue weighted by Gasteiger charge is 2.12. The van der Waals surface area contributed by atoms with Crippen molar-refractivity contribution in [3.05, 3.63) is 30.3 Å². The first-order valence-corrected chi connectivity index (χ1v) is 5.19. The highest BCUT2D eigenvalue weighted by molar-refractivity contribution is 5.95. The summed E-state index contributed by atoms with van der Waals surface area (Å²) in [6.45, 7) is 2.48. The first-order chi connectivity index (χ1) is 7.77. The molecule has 0 unspecified atom stereocenters. The minimum Gasteiger partial charge on any atom is -0.507 e. The molecule has 0 bridgehead atoms. The molecule has 2 aromatic carbocycles. The Morgan fingerprint density at radius 3 is 2.50 bits per heavy atom. The Morgan fingerprint density at radius 1 is 1.19 bits per heavy atom. The molecule has 3 nitrogen and oxygen atoms in total. The van der Waals surface area contributed by atoms with Gasteiger partial charge in [0.15, 0.2) is 11.5 Å². The Bertz CT molecular complexity index is 506. The number of hydrogen-bond acceptors (Lipinski definition) is 3. The highest BCUT2D eigenvalue weighted by atomic mass is 16.5. The van der Waals surface area contributed by atoms with E-state index in [2.05, 4.69) is 0 Å². The Kier molecular flexibility index (Phi) is 2.86. The van der Waals surface area contributed by atoms with Crippen LogP contribution in [-0.2, 0) is 0 Å². The number of fused-ring (bicyclic) bond motifs is 1. The molecule has 84 valence electrons. The van der Waals surface area contributed by atoms with Crippen LogP contribution in [0.3, 0.4) is 0 Å². The Balaban J connectivity index is 2.76. The summed E-state index contributed by atoms with van der Waals surface area (Å²) in [5, 5.41) is 11.5. The van der Waals surface area contributed by atoms with Crippen LogP contribution in [0.1, 0.15) is 6.92 Å². The van der Waals surface area contributed by atoms with Crippen molar-refractivity contribution in [3.63, 3.8) is 0 Å². The summed E-state index contributed by atoms with van der Waals surface area (Å²) in [5.41, 5.74) is 0. The molecule has 0 aliphatic rings. The topological polar surface area (TPSA) is 38.7 Å². The number of phenols is 1. The number of methoxy groups -OCH3 is 1. The lowest BCUT2D eigenvalue weighted by Gasteiger charge is -2.13. The number of phenolic OH excluding ortho intramolecular Hbond substituents is 1. The average Bonchev–Trinajstić information content (AvgIpc) is 2.33. The summed E-state index contributed by atoms with van der Waals surface area (Å²) in [5.74, 6) is 1.44. The zero-order valence-corrected chi connectivity index (χ0v) is 9.36. The second-order valence-electron chi connectivity index (χ2n) is 3.41. The maximum Gasteiger partial charge on any atom is 0.169 e. The van der Waals surface area contributed by atoms with Gasteiger partial charge in [0, 0.05) is 16.8 Å². The van der Waals surface area contributed by atoms with E-state index in [9.17, 15) is 5.11 Å². The Morgan fingerprint density at radius 2 is 1.88 bits per heavy atom. The largest absolute Gasteiger partial charge is 0.507 e. The van der Waals surface area contributed by atoms with Crippen LogP contribution in [-0.4, -0.2) is 18.8 Å². The molecule has 0 atom stereocenters. The minimum atomic E-state index is 0.205. The number of ether oxygens (including phenoxy) is 2. The number of benzene rings is 2. The summed E-state index contributed by atoms with van der Waals surface area (Å²) < 4.78 is 10.8. The second kappa shape index (κ2) is 4.31. The van der Waals surface area contributed by atoms with Crippen LogP contribution in [0.15, 0.2) is 30.3 Å². The Hall–Kier alpha value is -1.90. The highest BCUT2D eigenvalue weighted by Crippen LogP contribution is 2.40. The van der Waals surface area contributed by atoms with Gasteiger partial charge in [-0.15, -0.1) is 0 Å². The molecule has 0 aromatic heterocycles. The summed E-state index contributed by atoms with van der Waals surface area (Å²) >= 11 is 0. The van der Waals surface area contributed by atoms with Gasteiger partial charge in [-0.1, -0.05) is 24.3 Å². The number of hydrogen-bond donors (Lipinski definition) is 1. The van der Waals surface area contributed by atoms with Crippen LogP contribution >= 0.6 is 0 Å². The molecule has 2 rings (SSSR count). The fourth-order valence-electron chi connectivity index (χ4n) is 1.75. The third-order valence-corrected chi connectivity index (χ3v) is 2.45. The molecule has 0 radical (unpaired) electrons. The van der Waals surface area contributed by atoms with Crippen molar-refractivity contribution in [3.8, 4) is 17.2 Å². The molecular formula is C13H14O3. The van der Waals surface area contributed by atoms with E-state index < -0.39 is 0 Å². The van der Waals surface area contributed by atoms with E-state index in [-0.39, 0.29) is 5.75 Å². The van der Waals surface area contributed by atoms with Gasteiger partial charge in [-0.3, -0.25) is 0 Å². The van der Waals surface area contributed by atoms with E-state index in [1.165, 1.54) is 0 Å². The third-order valence-electron chi connectivity index (χ3n) is 2.45. The lowest BCUT2D eigenvalue weighted by molar-refractivity contribution is 0.313. The Labute approximate surface area is 94.2 Å². The van der Waals surface area contributed by atoms with Crippen LogP contribution in [0.5, 0.6) is 17.2 Å². The fourth-order valence-corrected chi connectivity index (χ4v) is 1.75. The van der Waals surface area contributed by atoms with Crippen molar-refractivity contribution in [1.29, 1.82) is 0 Å². The molecule has 1 N–H and O–H groups in total. The van der Waals surface area contributed by atoms with E-state index in [0.717, 1.165) is 10.8 Å². The molecule has 0 aliphatic carbocycles.